The summed E-state index contributed by atoms with van der Waals surface area (Å²) in [7, 11) is 0. The Morgan fingerprint density at radius 2 is 2.12 bits per heavy atom. The lowest BCUT2D eigenvalue weighted by molar-refractivity contribution is -0.125. The summed E-state index contributed by atoms with van der Waals surface area (Å²) in [5.41, 5.74) is 0. The summed E-state index contributed by atoms with van der Waals surface area (Å²) in [5, 5.41) is 2.97. The molecule has 0 aliphatic carbocycles. The average molecular weight is 328 g/mol. The van der Waals surface area contributed by atoms with Crippen LogP contribution in [-0.4, -0.2) is 36.5 Å². The van der Waals surface area contributed by atoms with Gasteiger partial charge < -0.3 is 14.5 Å². The Kier molecular flexibility index (Phi) is 5.90. The number of carbonyl (C=O) groups is 1. The summed E-state index contributed by atoms with van der Waals surface area (Å²) in [6.45, 7) is 2.98. The van der Waals surface area contributed by atoms with Crippen LogP contribution in [0.15, 0.2) is 53.1 Å². The van der Waals surface area contributed by atoms with Gasteiger partial charge in [0.15, 0.2) is 0 Å². The fourth-order valence-corrected chi connectivity index (χ4v) is 3.07. The Balaban J connectivity index is 1.39. The van der Waals surface area contributed by atoms with Crippen molar-refractivity contribution in [2.45, 2.75) is 31.8 Å². The van der Waals surface area contributed by atoms with Crippen LogP contribution < -0.4 is 10.1 Å². The molecule has 24 heavy (non-hydrogen) atoms. The third-order valence-corrected chi connectivity index (χ3v) is 4.28. The van der Waals surface area contributed by atoms with E-state index in [1.165, 1.54) is 0 Å². The lowest BCUT2D eigenvalue weighted by atomic mass is 10.2. The van der Waals surface area contributed by atoms with Crippen LogP contribution in [0.2, 0.25) is 0 Å². The molecule has 1 aliphatic heterocycles. The Labute approximate surface area is 142 Å². The molecule has 1 fully saturated rings. The van der Waals surface area contributed by atoms with Crippen LogP contribution in [0.1, 0.15) is 25.0 Å². The minimum Gasteiger partial charge on any atom is -0.494 e. The quantitative estimate of drug-likeness (QED) is 0.757. The zero-order chi connectivity index (χ0) is 16.6. The molecule has 1 saturated heterocycles. The van der Waals surface area contributed by atoms with E-state index in [1.54, 1.807) is 6.26 Å². The maximum atomic E-state index is 12.4. The molecule has 2 aromatic rings. The SMILES string of the molecule is O=C(NCc1ccco1)[C@H]1CCCN1CCCOc1ccccc1. The summed E-state index contributed by atoms with van der Waals surface area (Å²) >= 11 is 0. The van der Waals surface area contributed by atoms with Crippen LogP contribution >= 0.6 is 0 Å². The van der Waals surface area contributed by atoms with Gasteiger partial charge >= 0.3 is 0 Å². The normalized spacial score (nSPS) is 17.8. The van der Waals surface area contributed by atoms with Crippen molar-refractivity contribution in [1.29, 1.82) is 0 Å². The van der Waals surface area contributed by atoms with Crippen molar-refractivity contribution >= 4 is 5.91 Å². The van der Waals surface area contributed by atoms with Crippen LogP contribution in [0.5, 0.6) is 5.75 Å². The van der Waals surface area contributed by atoms with E-state index in [0.29, 0.717) is 13.2 Å². The summed E-state index contributed by atoms with van der Waals surface area (Å²) < 4.78 is 11.0. The highest BCUT2D eigenvalue weighted by Gasteiger charge is 2.30. The number of amides is 1. The molecule has 1 amide bonds. The standard InChI is InChI=1S/C19H24N2O3/c22-19(20-15-17-9-5-13-24-17)18-10-4-11-21(18)12-6-14-23-16-7-2-1-3-8-16/h1-3,5,7-9,13,18H,4,6,10-12,14-15H2,(H,20,22)/t18-/m1/s1. The van der Waals surface area contributed by atoms with Crippen molar-refractivity contribution < 1.29 is 13.9 Å². The van der Waals surface area contributed by atoms with Crippen LogP contribution in [0.4, 0.5) is 0 Å². The number of hydrogen-bond acceptors (Lipinski definition) is 4. The number of likely N-dealkylation sites (tertiary alicyclic amines) is 1. The van der Waals surface area contributed by atoms with Gasteiger partial charge in [-0.25, -0.2) is 0 Å². The van der Waals surface area contributed by atoms with E-state index in [-0.39, 0.29) is 11.9 Å². The number of nitrogens with one attached hydrogen (secondary N) is 1. The lowest BCUT2D eigenvalue weighted by Crippen LogP contribution is -2.43. The summed E-state index contributed by atoms with van der Waals surface area (Å²) in [6.07, 6.45) is 4.52. The van der Waals surface area contributed by atoms with Crippen molar-refractivity contribution in [2.24, 2.45) is 0 Å². The zero-order valence-electron chi connectivity index (χ0n) is 13.8. The molecule has 3 rings (SSSR count). The second kappa shape index (κ2) is 8.55. The highest BCUT2D eigenvalue weighted by molar-refractivity contribution is 5.81. The number of hydrogen-bond donors (Lipinski definition) is 1. The van der Waals surface area contributed by atoms with Gasteiger partial charge in [-0.2, -0.15) is 0 Å². The highest BCUT2D eigenvalue weighted by Crippen LogP contribution is 2.18. The summed E-state index contributed by atoms with van der Waals surface area (Å²) in [5.74, 6) is 1.77. The molecule has 0 spiro atoms. The van der Waals surface area contributed by atoms with Crippen molar-refractivity contribution in [3.8, 4) is 5.75 Å². The number of furan rings is 1. The smallest absolute Gasteiger partial charge is 0.237 e. The molecule has 0 unspecified atom stereocenters. The molecule has 0 saturated carbocycles. The molecule has 0 bridgehead atoms. The van der Waals surface area contributed by atoms with Gasteiger partial charge in [-0.15, -0.1) is 0 Å². The van der Waals surface area contributed by atoms with E-state index in [0.717, 1.165) is 43.9 Å². The molecular formula is C19H24N2O3. The summed E-state index contributed by atoms with van der Waals surface area (Å²) in [4.78, 5) is 14.6. The molecule has 5 heteroatoms. The van der Waals surface area contributed by atoms with E-state index in [4.69, 9.17) is 9.15 Å². The fourth-order valence-electron chi connectivity index (χ4n) is 3.07. The number of rotatable bonds is 8. The van der Waals surface area contributed by atoms with Crippen molar-refractivity contribution in [1.82, 2.24) is 10.2 Å². The highest BCUT2D eigenvalue weighted by atomic mass is 16.5. The van der Waals surface area contributed by atoms with Crippen LogP contribution in [-0.2, 0) is 11.3 Å². The number of nitrogens with zero attached hydrogens (tertiary/aromatic N) is 1. The van der Waals surface area contributed by atoms with E-state index < -0.39 is 0 Å². The zero-order valence-corrected chi connectivity index (χ0v) is 13.8. The van der Waals surface area contributed by atoms with Crippen molar-refractivity contribution in [3.63, 3.8) is 0 Å². The lowest BCUT2D eigenvalue weighted by Gasteiger charge is -2.23. The Morgan fingerprint density at radius 3 is 2.92 bits per heavy atom. The average Bonchev–Trinajstić information content (AvgIpc) is 3.29. The van der Waals surface area contributed by atoms with Gasteiger partial charge in [0, 0.05) is 6.54 Å². The molecule has 5 nitrogen and oxygen atoms in total. The molecule has 1 aliphatic rings. The Morgan fingerprint density at radius 1 is 1.25 bits per heavy atom. The minimum atomic E-state index is -0.0308. The van der Waals surface area contributed by atoms with Gasteiger partial charge in [0.05, 0.1) is 25.5 Å². The first-order valence-corrected chi connectivity index (χ1v) is 8.55. The molecule has 128 valence electrons. The number of benzene rings is 1. The first kappa shape index (κ1) is 16.6. The van der Waals surface area contributed by atoms with Gasteiger partial charge in [0.25, 0.3) is 0 Å². The molecule has 1 N–H and O–H groups in total. The van der Waals surface area contributed by atoms with E-state index >= 15 is 0 Å². The second-order valence-electron chi connectivity index (χ2n) is 6.01. The van der Waals surface area contributed by atoms with Gasteiger partial charge in [0.1, 0.15) is 11.5 Å². The fraction of sp³-hybridized carbons (Fsp3) is 0.421. The number of para-hydroxylation sites is 1. The molecule has 1 aromatic carbocycles. The molecule has 2 heterocycles. The molecule has 0 radical (unpaired) electrons. The molecule has 1 aromatic heterocycles. The van der Waals surface area contributed by atoms with E-state index in [2.05, 4.69) is 10.2 Å². The van der Waals surface area contributed by atoms with E-state index in [9.17, 15) is 4.79 Å². The predicted molar refractivity (Wildman–Crippen MR) is 91.7 cm³/mol. The monoisotopic (exact) mass is 328 g/mol. The Hall–Kier alpha value is -2.27. The minimum absolute atomic E-state index is 0.0308. The second-order valence-corrected chi connectivity index (χ2v) is 6.01. The van der Waals surface area contributed by atoms with Gasteiger partial charge in [-0.05, 0) is 50.1 Å². The first-order valence-electron chi connectivity index (χ1n) is 8.55. The van der Waals surface area contributed by atoms with Crippen LogP contribution in [0.25, 0.3) is 0 Å². The van der Waals surface area contributed by atoms with Gasteiger partial charge in [0.2, 0.25) is 5.91 Å². The molecule has 1 atom stereocenters. The third-order valence-electron chi connectivity index (χ3n) is 4.28. The maximum absolute atomic E-state index is 12.4. The topological polar surface area (TPSA) is 54.7 Å². The Bertz CT molecular complexity index is 613. The number of ether oxygens (including phenoxy) is 1. The third kappa shape index (κ3) is 4.61. The van der Waals surface area contributed by atoms with Crippen LogP contribution in [0, 0.1) is 0 Å². The van der Waals surface area contributed by atoms with Crippen LogP contribution in [0.3, 0.4) is 0 Å². The van der Waals surface area contributed by atoms with Crippen molar-refractivity contribution in [2.75, 3.05) is 19.7 Å². The summed E-state index contributed by atoms with van der Waals surface area (Å²) in [6, 6.07) is 13.5. The van der Waals surface area contributed by atoms with E-state index in [1.807, 2.05) is 42.5 Å². The maximum Gasteiger partial charge on any atom is 0.237 e. The van der Waals surface area contributed by atoms with Crippen molar-refractivity contribution in [3.05, 3.63) is 54.5 Å². The molecular weight excluding hydrogens is 304 g/mol. The van der Waals surface area contributed by atoms with Gasteiger partial charge in [-0.1, -0.05) is 18.2 Å². The first-order chi connectivity index (χ1) is 11.8. The largest absolute Gasteiger partial charge is 0.494 e. The predicted octanol–water partition coefficient (Wildman–Crippen LogP) is 2.83. The number of carbonyl (C=O) groups excluding carboxylic acids is 1. The van der Waals surface area contributed by atoms with Gasteiger partial charge in [-0.3, -0.25) is 9.69 Å².